The molecule has 0 fully saturated rings. The van der Waals surface area contributed by atoms with Gasteiger partial charge in [-0.3, -0.25) is 14.5 Å². The van der Waals surface area contributed by atoms with E-state index in [9.17, 15) is 9.59 Å². The van der Waals surface area contributed by atoms with Gasteiger partial charge in [0, 0.05) is 25.4 Å². The highest BCUT2D eigenvalue weighted by Gasteiger charge is 2.39. The number of rotatable bonds is 9. The number of amides is 2. The summed E-state index contributed by atoms with van der Waals surface area (Å²) in [5.74, 6) is -0.117. The van der Waals surface area contributed by atoms with Crippen molar-refractivity contribution in [3.63, 3.8) is 0 Å². The number of hydrogen-bond donors (Lipinski definition) is 1. The molecule has 0 bridgehead atoms. The molecule has 31 heavy (non-hydrogen) atoms. The van der Waals surface area contributed by atoms with Crippen LogP contribution in [0.5, 0.6) is 0 Å². The zero-order valence-electron chi connectivity index (χ0n) is 19.1. The minimum absolute atomic E-state index is 0.255. The van der Waals surface area contributed by atoms with Gasteiger partial charge in [-0.2, -0.15) is 0 Å². The lowest BCUT2D eigenvalue weighted by Crippen LogP contribution is -2.34. The summed E-state index contributed by atoms with van der Waals surface area (Å²) >= 11 is 0. The van der Waals surface area contributed by atoms with Crippen LogP contribution in [0.3, 0.4) is 0 Å². The van der Waals surface area contributed by atoms with Gasteiger partial charge in [-0.1, -0.05) is 49.7 Å². The van der Waals surface area contributed by atoms with Gasteiger partial charge in [0.05, 0.1) is 5.57 Å². The van der Waals surface area contributed by atoms with Crippen molar-refractivity contribution in [1.82, 2.24) is 4.90 Å². The van der Waals surface area contributed by atoms with Crippen LogP contribution in [0, 0.1) is 13.8 Å². The van der Waals surface area contributed by atoms with Crippen molar-refractivity contribution in [3.8, 4) is 0 Å². The molecule has 1 aliphatic rings. The standard InChI is InChI=1S/C26H32N2O3/c1-6-31-15-7-14-28-25(29)23(22-13-8-18(4)16-19(22)5)24(26(28)30)27-21-11-9-20(10-12-21)17(2)3/h8-13,16-17,27H,6-7,14-15H2,1-5H3. The Morgan fingerprint density at radius 1 is 1.00 bits per heavy atom. The Morgan fingerprint density at radius 2 is 1.71 bits per heavy atom. The summed E-state index contributed by atoms with van der Waals surface area (Å²) < 4.78 is 5.38. The van der Waals surface area contributed by atoms with Gasteiger partial charge in [-0.05, 0) is 61.9 Å². The SMILES string of the molecule is CCOCCCN1C(=O)C(Nc2ccc(C(C)C)cc2)=C(c2ccc(C)cc2C)C1=O. The summed E-state index contributed by atoms with van der Waals surface area (Å²) in [6.07, 6.45) is 0.613. The van der Waals surface area contributed by atoms with E-state index in [1.807, 2.05) is 63.2 Å². The molecule has 0 atom stereocenters. The molecule has 2 aromatic carbocycles. The molecule has 1 aliphatic heterocycles. The van der Waals surface area contributed by atoms with Crippen molar-refractivity contribution in [1.29, 1.82) is 0 Å². The molecule has 2 aromatic rings. The van der Waals surface area contributed by atoms with Gasteiger partial charge >= 0.3 is 0 Å². The van der Waals surface area contributed by atoms with Crippen molar-refractivity contribution >= 4 is 23.1 Å². The van der Waals surface area contributed by atoms with E-state index in [0.717, 1.165) is 22.4 Å². The van der Waals surface area contributed by atoms with E-state index >= 15 is 0 Å². The first-order chi connectivity index (χ1) is 14.8. The lowest BCUT2D eigenvalue weighted by Gasteiger charge is -2.15. The zero-order valence-corrected chi connectivity index (χ0v) is 19.1. The van der Waals surface area contributed by atoms with E-state index in [-0.39, 0.29) is 11.8 Å². The van der Waals surface area contributed by atoms with Gasteiger partial charge in [0.15, 0.2) is 0 Å². The van der Waals surface area contributed by atoms with Crippen LogP contribution < -0.4 is 5.32 Å². The van der Waals surface area contributed by atoms with E-state index in [4.69, 9.17) is 4.74 Å². The predicted molar refractivity (Wildman–Crippen MR) is 125 cm³/mol. The third-order valence-electron chi connectivity index (χ3n) is 5.54. The molecule has 0 unspecified atom stereocenters. The van der Waals surface area contributed by atoms with Gasteiger partial charge in [-0.25, -0.2) is 0 Å². The third-order valence-corrected chi connectivity index (χ3v) is 5.54. The summed E-state index contributed by atoms with van der Waals surface area (Å²) in [5.41, 5.74) is 5.67. The third kappa shape index (κ3) is 5.05. The summed E-state index contributed by atoms with van der Waals surface area (Å²) in [6, 6.07) is 13.9. The number of aryl methyl sites for hydroxylation is 2. The summed E-state index contributed by atoms with van der Waals surface area (Å²) in [4.78, 5) is 27.9. The molecule has 0 saturated heterocycles. The lowest BCUT2D eigenvalue weighted by molar-refractivity contribution is -0.137. The molecule has 3 rings (SSSR count). The van der Waals surface area contributed by atoms with Crippen LogP contribution in [-0.2, 0) is 14.3 Å². The molecule has 0 aromatic heterocycles. The van der Waals surface area contributed by atoms with E-state index in [2.05, 4.69) is 19.2 Å². The monoisotopic (exact) mass is 420 g/mol. The normalized spacial score (nSPS) is 14.2. The van der Waals surface area contributed by atoms with Crippen molar-refractivity contribution in [2.75, 3.05) is 25.1 Å². The van der Waals surface area contributed by atoms with Crippen LogP contribution in [-0.4, -0.2) is 36.5 Å². The summed E-state index contributed by atoms with van der Waals surface area (Å²) in [5, 5.41) is 3.25. The molecule has 1 heterocycles. The van der Waals surface area contributed by atoms with Crippen LogP contribution in [0.1, 0.15) is 55.4 Å². The molecule has 0 saturated carbocycles. The smallest absolute Gasteiger partial charge is 0.278 e. The highest BCUT2D eigenvalue weighted by Crippen LogP contribution is 2.33. The Bertz CT molecular complexity index is 990. The molecule has 5 nitrogen and oxygen atoms in total. The Morgan fingerprint density at radius 3 is 2.32 bits per heavy atom. The van der Waals surface area contributed by atoms with Crippen molar-refractivity contribution in [2.24, 2.45) is 0 Å². The molecule has 0 aliphatic carbocycles. The number of nitrogens with zero attached hydrogens (tertiary/aromatic N) is 1. The Kier molecular flexibility index (Phi) is 7.29. The van der Waals surface area contributed by atoms with Crippen LogP contribution in [0.4, 0.5) is 5.69 Å². The fourth-order valence-corrected chi connectivity index (χ4v) is 3.80. The van der Waals surface area contributed by atoms with Crippen LogP contribution in [0.2, 0.25) is 0 Å². The number of carbonyl (C=O) groups excluding carboxylic acids is 2. The molecule has 0 radical (unpaired) electrons. The number of ether oxygens (including phenoxy) is 1. The number of anilines is 1. The first kappa shape index (κ1) is 22.8. The maximum Gasteiger partial charge on any atom is 0.278 e. The lowest BCUT2D eigenvalue weighted by atomic mass is 9.97. The van der Waals surface area contributed by atoms with Crippen LogP contribution in [0.25, 0.3) is 5.57 Å². The molecule has 2 amide bonds. The quantitative estimate of drug-likeness (QED) is 0.456. The van der Waals surface area contributed by atoms with Crippen molar-refractivity contribution in [3.05, 3.63) is 70.4 Å². The Labute approximate surface area is 185 Å². The molecular weight excluding hydrogens is 388 g/mol. The first-order valence-corrected chi connectivity index (χ1v) is 11.0. The van der Waals surface area contributed by atoms with Crippen LogP contribution in [0.15, 0.2) is 48.2 Å². The van der Waals surface area contributed by atoms with Gasteiger partial charge in [0.2, 0.25) is 0 Å². The fourth-order valence-electron chi connectivity index (χ4n) is 3.80. The van der Waals surface area contributed by atoms with Gasteiger partial charge in [0.1, 0.15) is 5.70 Å². The first-order valence-electron chi connectivity index (χ1n) is 11.0. The maximum absolute atomic E-state index is 13.3. The van der Waals surface area contributed by atoms with Crippen LogP contribution >= 0.6 is 0 Å². The topological polar surface area (TPSA) is 58.6 Å². The van der Waals surface area contributed by atoms with E-state index in [0.29, 0.717) is 43.4 Å². The second-order valence-electron chi connectivity index (χ2n) is 8.28. The fraction of sp³-hybridized carbons (Fsp3) is 0.385. The number of imide groups is 1. The second-order valence-corrected chi connectivity index (χ2v) is 8.28. The van der Waals surface area contributed by atoms with Crippen molar-refractivity contribution in [2.45, 2.75) is 47.0 Å². The van der Waals surface area contributed by atoms with Gasteiger partial charge in [-0.15, -0.1) is 0 Å². The average molecular weight is 421 g/mol. The Balaban J connectivity index is 1.96. The van der Waals surface area contributed by atoms with E-state index in [1.165, 1.54) is 10.5 Å². The minimum atomic E-state index is -0.288. The minimum Gasteiger partial charge on any atom is -0.382 e. The van der Waals surface area contributed by atoms with Gasteiger partial charge < -0.3 is 10.1 Å². The average Bonchev–Trinajstić information content (AvgIpc) is 2.96. The molecule has 164 valence electrons. The van der Waals surface area contributed by atoms with E-state index < -0.39 is 0 Å². The maximum atomic E-state index is 13.3. The molecule has 1 N–H and O–H groups in total. The number of carbonyl (C=O) groups is 2. The largest absolute Gasteiger partial charge is 0.382 e. The summed E-state index contributed by atoms with van der Waals surface area (Å²) in [6.45, 7) is 11.7. The predicted octanol–water partition coefficient (Wildman–Crippen LogP) is 5.05. The zero-order chi connectivity index (χ0) is 22.5. The number of hydrogen-bond acceptors (Lipinski definition) is 4. The van der Waals surface area contributed by atoms with Gasteiger partial charge in [0.25, 0.3) is 11.8 Å². The molecule has 5 heteroatoms. The summed E-state index contributed by atoms with van der Waals surface area (Å²) in [7, 11) is 0. The van der Waals surface area contributed by atoms with Crippen molar-refractivity contribution < 1.29 is 14.3 Å². The number of benzene rings is 2. The highest BCUT2D eigenvalue weighted by atomic mass is 16.5. The second kappa shape index (κ2) is 9.92. The highest BCUT2D eigenvalue weighted by molar-refractivity contribution is 6.36. The molecular formula is C26H32N2O3. The van der Waals surface area contributed by atoms with E-state index in [1.54, 1.807) is 0 Å². The molecule has 0 spiro atoms. The number of nitrogens with one attached hydrogen (secondary N) is 1. The Hall–Kier alpha value is -2.92.